The second-order valence-corrected chi connectivity index (χ2v) is 12.5. The Morgan fingerprint density at radius 3 is 2.41 bits per heavy atom. The molecule has 0 aromatic heterocycles. The molecule has 39 heavy (non-hydrogen) atoms. The number of phenols is 1. The number of aliphatic hydroxyl groups is 3. The van der Waals surface area contributed by atoms with Gasteiger partial charge in [0.25, 0.3) is 5.91 Å². The second-order valence-electron chi connectivity index (χ2n) is 12.2. The van der Waals surface area contributed by atoms with Crippen molar-refractivity contribution in [2.24, 2.45) is 23.0 Å². The first-order valence-corrected chi connectivity index (χ1v) is 13.2. The number of fused-ring (bicyclic) bond motifs is 3. The minimum Gasteiger partial charge on any atom is -0.508 e. The zero-order chi connectivity index (χ0) is 29.4. The Labute approximate surface area is 232 Å². The van der Waals surface area contributed by atoms with Crippen molar-refractivity contribution >= 4 is 34.8 Å². The molecule has 0 saturated heterocycles. The Morgan fingerprint density at radius 1 is 1.26 bits per heavy atom. The monoisotopic (exact) mass is 561 g/mol. The number of likely N-dealkylation sites (N-methyl/N-ethyl adjacent to an activating group) is 1. The topological polar surface area (TPSA) is 173 Å². The molecule has 0 radical (unpaired) electrons. The van der Waals surface area contributed by atoms with Crippen molar-refractivity contribution in [1.82, 2.24) is 10.2 Å². The van der Waals surface area contributed by atoms with E-state index >= 15 is 0 Å². The number of hydrogen-bond acceptors (Lipinski definition) is 9. The highest BCUT2D eigenvalue weighted by atomic mass is 35.5. The van der Waals surface area contributed by atoms with E-state index in [2.05, 4.69) is 26.1 Å². The molecule has 11 heteroatoms. The van der Waals surface area contributed by atoms with E-state index in [4.69, 9.17) is 17.3 Å². The van der Waals surface area contributed by atoms with E-state index in [-0.39, 0.29) is 41.2 Å². The van der Waals surface area contributed by atoms with Gasteiger partial charge in [0.05, 0.1) is 11.6 Å². The first-order valence-electron chi connectivity index (χ1n) is 12.9. The number of Topliss-reactive ketones (excluding diaryl/α,β-unsaturated/α-hetero) is 2. The van der Waals surface area contributed by atoms with Crippen LogP contribution in [0.2, 0.25) is 5.02 Å². The SMILES string of the molecule is C[C@H](NCc1cc(O)c2c(c1Cl)C[C@H]1C[C@H]3[C@H](N(C)C)C(=O)C(C(N)=O)=C(O)[C@@]3(O)C(=O)C1=C2O)C(C)(C)C. The lowest BCUT2D eigenvalue weighted by Gasteiger charge is -2.50. The molecule has 1 saturated carbocycles. The number of hydrogen-bond donors (Lipinski definition) is 6. The van der Waals surface area contributed by atoms with Crippen LogP contribution in [0.1, 0.15) is 50.8 Å². The van der Waals surface area contributed by atoms with Crippen LogP contribution < -0.4 is 11.1 Å². The number of nitrogens with two attached hydrogens (primary N) is 1. The molecular formula is C28H36ClN3O7. The maximum Gasteiger partial charge on any atom is 0.255 e. The van der Waals surface area contributed by atoms with Gasteiger partial charge in [-0.25, -0.2) is 0 Å². The molecule has 0 unspecified atom stereocenters. The molecule has 1 amide bonds. The van der Waals surface area contributed by atoms with Crippen molar-refractivity contribution in [1.29, 1.82) is 0 Å². The Hall–Kier alpha value is -2.92. The zero-order valence-electron chi connectivity index (χ0n) is 22.9. The molecule has 1 fully saturated rings. The lowest BCUT2D eigenvalue weighted by molar-refractivity contribution is -0.153. The van der Waals surface area contributed by atoms with Crippen LogP contribution in [0, 0.1) is 17.3 Å². The van der Waals surface area contributed by atoms with Crippen molar-refractivity contribution in [2.75, 3.05) is 14.1 Å². The Bertz CT molecular complexity index is 1340. The fraction of sp³-hybridized carbons (Fsp3) is 0.536. The van der Waals surface area contributed by atoms with E-state index in [1.165, 1.54) is 11.0 Å². The summed E-state index contributed by atoms with van der Waals surface area (Å²) >= 11 is 6.79. The molecule has 4 rings (SSSR count). The first-order chi connectivity index (χ1) is 17.9. The lowest BCUT2D eigenvalue weighted by atomic mass is 9.57. The minimum absolute atomic E-state index is 0.00634. The third-order valence-electron chi connectivity index (χ3n) is 8.63. The first kappa shape index (κ1) is 29.1. The summed E-state index contributed by atoms with van der Waals surface area (Å²) in [7, 11) is 3.11. The Balaban J connectivity index is 1.85. The van der Waals surface area contributed by atoms with E-state index in [1.807, 2.05) is 6.92 Å². The fourth-order valence-corrected chi connectivity index (χ4v) is 6.34. The van der Waals surface area contributed by atoms with Gasteiger partial charge in [0.1, 0.15) is 22.8 Å². The van der Waals surface area contributed by atoms with Gasteiger partial charge in [-0.2, -0.15) is 0 Å². The number of nitrogens with zero attached hydrogens (tertiary/aromatic N) is 1. The molecule has 3 aliphatic rings. The van der Waals surface area contributed by atoms with Crippen molar-refractivity contribution in [3.8, 4) is 5.75 Å². The summed E-state index contributed by atoms with van der Waals surface area (Å²) in [4.78, 5) is 40.6. The summed E-state index contributed by atoms with van der Waals surface area (Å²) in [5.41, 5.74) is 2.64. The zero-order valence-corrected chi connectivity index (χ0v) is 23.7. The number of aliphatic hydroxyl groups excluding tert-OH is 2. The largest absolute Gasteiger partial charge is 0.508 e. The summed E-state index contributed by atoms with van der Waals surface area (Å²) in [6, 6.07) is 0.411. The highest BCUT2D eigenvalue weighted by Crippen LogP contribution is 2.53. The second kappa shape index (κ2) is 9.62. The maximum absolute atomic E-state index is 13.9. The van der Waals surface area contributed by atoms with Gasteiger partial charge in [-0.05, 0) is 62.4 Å². The van der Waals surface area contributed by atoms with E-state index < -0.39 is 58.0 Å². The average Bonchev–Trinajstić information content (AvgIpc) is 2.81. The van der Waals surface area contributed by atoms with Gasteiger partial charge < -0.3 is 31.5 Å². The standard InChI is InChI=1S/C28H36ClN3O7/c1-11(27(2,3)4)31-10-13-9-16(33)18-14(20(13)29)7-12-8-15-21(32(5)6)23(35)19(26(30)38)25(37)28(15,39)24(36)17(12)22(18)34/h9,11-12,15,21,31,33-34,37,39H,7-8,10H2,1-6H3,(H2,30,38)/t11-,12-,15-,21-,28-/m0/s1. The van der Waals surface area contributed by atoms with Gasteiger partial charge in [-0.1, -0.05) is 32.4 Å². The highest BCUT2D eigenvalue weighted by Gasteiger charge is 2.64. The van der Waals surface area contributed by atoms with E-state index in [0.29, 0.717) is 22.7 Å². The van der Waals surface area contributed by atoms with Crippen LogP contribution in [-0.2, 0) is 27.3 Å². The Morgan fingerprint density at radius 2 is 1.87 bits per heavy atom. The molecule has 0 bridgehead atoms. The quantitative estimate of drug-likeness (QED) is 0.294. The molecular weight excluding hydrogens is 526 g/mol. The number of nitrogens with one attached hydrogen (secondary N) is 1. The predicted octanol–water partition coefficient (Wildman–Crippen LogP) is 2.14. The number of benzene rings is 1. The number of rotatable bonds is 5. The van der Waals surface area contributed by atoms with Gasteiger partial charge in [0, 0.05) is 29.1 Å². The maximum atomic E-state index is 13.9. The van der Waals surface area contributed by atoms with Crippen molar-refractivity contribution in [3.63, 3.8) is 0 Å². The van der Waals surface area contributed by atoms with Crippen LogP contribution in [0.4, 0.5) is 0 Å². The highest BCUT2D eigenvalue weighted by molar-refractivity contribution is 6.32. The predicted molar refractivity (Wildman–Crippen MR) is 145 cm³/mol. The molecule has 1 aromatic rings. The third kappa shape index (κ3) is 4.34. The molecule has 3 aliphatic carbocycles. The van der Waals surface area contributed by atoms with Crippen molar-refractivity contribution in [3.05, 3.63) is 44.7 Å². The van der Waals surface area contributed by atoms with Gasteiger partial charge >= 0.3 is 0 Å². The fourth-order valence-electron chi connectivity index (χ4n) is 6.04. The number of carbonyl (C=O) groups excluding carboxylic acids is 3. The number of ketones is 2. The van der Waals surface area contributed by atoms with E-state index in [0.717, 1.165) is 0 Å². The number of aromatic hydroxyl groups is 1. The summed E-state index contributed by atoms with van der Waals surface area (Å²) in [5, 5.41) is 48.5. The van der Waals surface area contributed by atoms with Gasteiger partial charge in [0.2, 0.25) is 5.78 Å². The molecule has 7 N–H and O–H groups in total. The third-order valence-corrected chi connectivity index (χ3v) is 9.10. The molecule has 10 nitrogen and oxygen atoms in total. The number of halogens is 1. The number of carbonyl (C=O) groups is 3. The number of primary amides is 1. The molecule has 212 valence electrons. The summed E-state index contributed by atoms with van der Waals surface area (Å²) in [5.74, 6) is -6.90. The minimum atomic E-state index is -2.67. The lowest BCUT2D eigenvalue weighted by Crippen LogP contribution is -2.65. The number of phenolic OH excluding ortho intramolecular Hbond substituents is 1. The summed E-state index contributed by atoms with van der Waals surface area (Å²) in [6.45, 7) is 8.69. The molecule has 0 aliphatic heterocycles. The summed E-state index contributed by atoms with van der Waals surface area (Å²) in [6.07, 6.45) is 0.149. The van der Waals surface area contributed by atoms with Crippen LogP contribution in [-0.4, -0.2) is 74.6 Å². The van der Waals surface area contributed by atoms with Gasteiger partial charge in [0.15, 0.2) is 11.4 Å². The average molecular weight is 562 g/mol. The molecule has 1 aromatic carbocycles. The van der Waals surface area contributed by atoms with Crippen LogP contribution in [0.15, 0.2) is 23.0 Å². The molecule has 5 atom stereocenters. The van der Waals surface area contributed by atoms with Crippen LogP contribution >= 0.6 is 11.6 Å². The summed E-state index contributed by atoms with van der Waals surface area (Å²) < 4.78 is 0. The number of amides is 1. The smallest absolute Gasteiger partial charge is 0.255 e. The van der Waals surface area contributed by atoms with Gasteiger partial charge in [-0.15, -0.1) is 0 Å². The Kier molecular flexibility index (Phi) is 7.17. The van der Waals surface area contributed by atoms with E-state index in [1.54, 1.807) is 14.1 Å². The van der Waals surface area contributed by atoms with E-state index in [9.17, 15) is 34.8 Å². The van der Waals surface area contributed by atoms with Crippen LogP contribution in [0.5, 0.6) is 5.75 Å². The molecule has 0 spiro atoms. The van der Waals surface area contributed by atoms with Gasteiger partial charge in [-0.3, -0.25) is 19.3 Å². The normalized spacial score (nSPS) is 27.9. The van der Waals surface area contributed by atoms with Crippen molar-refractivity contribution < 1.29 is 34.8 Å². The van der Waals surface area contributed by atoms with Crippen molar-refractivity contribution in [2.45, 2.75) is 64.8 Å². The van der Waals surface area contributed by atoms with Crippen LogP contribution in [0.3, 0.4) is 0 Å². The van der Waals surface area contributed by atoms with Crippen LogP contribution in [0.25, 0.3) is 5.76 Å². The molecule has 0 heterocycles.